The molecule has 0 aromatic rings. The molecule has 2 saturated heterocycles. The van der Waals surface area contributed by atoms with Crippen LogP contribution in [0, 0.1) is 0 Å². The largest absolute Gasteiger partial charge is 0.299 e. The van der Waals surface area contributed by atoms with E-state index < -0.39 is 10.0 Å². The van der Waals surface area contributed by atoms with E-state index in [2.05, 4.69) is 4.90 Å². The molecule has 0 aromatic heterocycles. The number of nitrogens with zero attached hydrogens (tertiary/aromatic N) is 2. The summed E-state index contributed by atoms with van der Waals surface area (Å²) in [5.74, 6) is 0. The summed E-state index contributed by atoms with van der Waals surface area (Å²) in [6.45, 7) is 3.63. The second-order valence-electron chi connectivity index (χ2n) is 4.31. The summed E-state index contributed by atoms with van der Waals surface area (Å²) in [5.41, 5.74) is 0. The standard InChI is InChI=1S/C9H18N2O2S/c1-14(12,13)11-7-3-6-10-5-2-4-9(10)8-11/h9H,2-8H2,1H3. The van der Waals surface area contributed by atoms with Gasteiger partial charge in [0.15, 0.2) is 0 Å². The minimum Gasteiger partial charge on any atom is -0.299 e. The highest BCUT2D eigenvalue weighted by atomic mass is 32.2. The van der Waals surface area contributed by atoms with Crippen LogP contribution < -0.4 is 0 Å². The lowest BCUT2D eigenvalue weighted by molar-refractivity contribution is 0.258. The zero-order valence-electron chi connectivity index (χ0n) is 8.65. The van der Waals surface area contributed by atoms with E-state index in [0.29, 0.717) is 19.1 Å². The topological polar surface area (TPSA) is 40.6 Å². The minimum atomic E-state index is -2.98. The van der Waals surface area contributed by atoms with Gasteiger partial charge >= 0.3 is 0 Å². The highest BCUT2D eigenvalue weighted by Gasteiger charge is 2.31. The lowest BCUT2D eigenvalue weighted by Gasteiger charge is -2.23. The molecule has 2 heterocycles. The van der Waals surface area contributed by atoms with Crippen molar-refractivity contribution in [3.63, 3.8) is 0 Å². The predicted octanol–water partition coefficient (Wildman–Crippen LogP) is 0.116. The van der Waals surface area contributed by atoms with Crippen molar-refractivity contribution in [3.05, 3.63) is 0 Å². The predicted molar refractivity (Wildman–Crippen MR) is 55.6 cm³/mol. The number of fused-ring (bicyclic) bond motifs is 1. The Hall–Kier alpha value is -0.130. The lowest BCUT2D eigenvalue weighted by atomic mass is 10.2. The number of hydrogen-bond donors (Lipinski definition) is 0. The number of rotatable bonds is 1. The van der Waals surface area contributed by atoms with Crippen LogP contribution in [-0.2, 0) is 10.0 Å². The van der Waals surface area contributed by atoms with Crippen LogP contribution in [-0.4, -0.2) is 56.1 Å². The normalized spacial score (nSPS) is 31.4. The van der Waals surface area contributed by atoms with Crippen LogP contribution in [0.3, 0.4) is 0 Å². The maximum absolute atomic E-state index is 11.4. The molecule has 0 radical (unpaired) electrons. The lowest BCUT2D eigenvalue weighted by Crippen LogP contribution is -2.39. The Kier molecular flexibility index (Phi) is 2.81. The minimum absolute atomic E-state index is 0.479. The summed E-state index contributed by atoms with van der Waals surface area (Å²) in [6.07, 6.45) is 4.68. The van der Waals surface area contributed by atoms with E-state index in [1.165, 1.54) is 12.7 Å². The van der Waals surface area contributed by atoms with Gasteiger partial charge in [0.25, 0.3) is 0 Å². The third-order valence-electron chi connectivity index (χ3n) is 3.24. The maximum atomic E-state index is 11.4. The molecule has 2 rings (SSSR count). The van der Waals surface area contributed by atoms with Crippen molar-refractivity contribution in [3.8, 4) is 0 Å². The first kappa shape index (κ1) is 10.4. The van der Waals surface area contributed by atoms with Gasteiger partial charge in [-0.2, -0.15) is 0 Å². The molecule has 1 unspecified atom stereocenters. The highest BCUT2D eigenvalue weighted by molar-refractivity contribution is 7.88. The smallest absolute Gasteiger partial charge is 0.211 e. The van der Waals surface area contributed by atoms with Gasteiger partial charge in [-0.25, -0.2) is 12.7 Å². The van der Waals surface area contributed by atoms with Crippen molar-refractivity contribution in [2.75, 3.05) is 32.4 Å². The van der Waals surface area contributed by atoms with Crippen molar-refractivity contribution in [1.82, 2.24) is 9.21 Å². The molecule has 14 heavy (non-hydrogen) atoms. The Bertz CT molecular complexity index is 302. The molecule has 0 aromatic carbocycles. The van der Waals surface area contributed by atoms with Crippen LogP contribution in [0.25, 0.3) is 0 Å². The van der Waals surface area contributed by atoms with E-state index in [1.807, 2.05) is 0 Å². The molecule has 0 N–H and O–H groups in total. The van der Waals surface area contributed by atoms with E-state index in [4.69, 9.17) is 0 Å². The fourth-order valence-corrected chi connectivity index (χ4v) is 3.38. The number of hydrogen-bond acceptors (Lipinski definition) is 3. The molecule has 0 spiro atoms. The average Bonchev–Trinajstić information content (AvgIpc) is 2.41. The average molecular weight is 218 g/mol. The molecule has 2 aliphatic heterocycles. The van der Waals surface area contributed by atoms with Crippen LogP contribution in [0.1, 0.15) is 19.3 Å². The molecule has 1 atom stereocenters. The summed E-state index contributed by atoms with van der Waals surface area (Å²) in [4.78, 5) is 2.44. The molecular weight excluding hydrogens is 200 g/mol. The van der Waals surface area contributed by atoms with Crippen molar-refractivity contribution in [2.24, 2.45) is 0 Å². The van der Waals surface area contributed by atoms with Gasteiger partial charge < -0.3 is 0 Å². The molecule has 0 saturated carbocycles. The first-order chi connectivity index (χ1) is 6.57. The Balaban J connectivity index is 2.09. The van der Waals surface area contributed by atoms with Gasteiger partial charge in [-0.15, -0.1) is 0 Å². The van der Waals surface area contributed by atoms with Gasteiger partial charge in [-0.05, 0) is 32.4 Å². The van der Waals surface area contributed by atoms with E-state index in [0.717, 1.165) is 25.9 Å². The zero-order valence-corrected chi connectivity index (χ0v) is 9.46. The quantitative estimate of drug-likeness (QED) is 0.627. The van der Waals surface area contributed by atoms with Gasteiger partial charge in [-0.1, -0.05) is 0 Å². The SMILES string of the molecule is CS(=O)(=O)N1CCCN2CCCC2C1. The molecule has 82 valence electrons. The first-order valence-electron chi connectivity index (χ1n) is 5.26. The first-order valence-corrected chi connectivity index (χ1v) is 7.11. The third kappa shape index (κ3) is 2.10. The van der Waals surface area contributed by atoms with Gasteiger partial charge in [-0.3, -0.25) is 4.90 Å². The summed E-state index contributed by atoms with van der Waals surface area (Å²) >= 11 is 0. The molecule has 0 bridgehead atoms. The van der Waals surface area contributed by atoms with E-state index in [9.17, 15) is 8.42 Å². The second-order valence-corrected chi connectivity index (χ2v) is 6.29. The van der Waals surface area contributed by atoms with E-state index in [1.54, 1.807) is 4.31 Å². The van der Waals surface area contributed by atoms with Gasteiger partial charge in [0.1, 0.15) is 0 Å². The fraction of sp³-hybridized carbons (Fsp3) is 1.00. The molecular formula is C9H18N2O2S. The second kappa shape index (κ2) is 3.79. The molecule has 5 heteroatoms. The van der Waals surface area contributed by atoms with E-state index >= 15 is 0 Å². The summed E-state index contributed by atoms with van der Waals surface area (Å²) < 4.78 is 24.5. The molecule has 0 aliphatic carbocycles. The van der Waals surface area contributed by atoms with E-state index in [-0.39, 0.29) is 0 Å². The Morgan fingerprint density at radius 3 is 2.57 bits per heavy atom. The summed E-state index contributed by atoms with van der Waals surface area (Å²) in [7, 11) is -2.98. The molecule has 2 aliphatic rings. The summed E-state index contributed by atoms with van der Waals surface area (Å²) in [6, 6.07) is 0.479. The van der Waals surface area contributed by atoms with Crippen LogP contribution in [0.15, 0.2) is 0 Å². The van der Waals surface area contributed by atoms with Crippen molar-refractivity contribution >= 4 is 10.0 Å². The van der Waals surface area contributed by atoms with Crippen molar-refractivity contribution in [1.29, 1.82) is 0 Å². The van der Waals surface area contributed by atoms with Crippen molar-refractivity contribution in [2.45, 2.75) is 25.3 Å². The highest BCUT2D eigenvalue weighted by Crippen LogP contribution is 2.22. The Morgan fingerprint density at radius 2 is 1.86 bits per heavy atom. The third-order valence-corrected chi connectivity index (χ3v) is 4.50. The van der Waals surface area contributed by atoms with Gasteiger partial charge in [0.05, 0.1) is 6.26 Å². The van der Waals surface area contributed by atoms with Crippen LogP contribution in [0.4, 0.5) is 0 Å². The van der Waals surface area contributed by atoms with Crippen molar-refractivity contribution < 1.29 is 8.42 Å². The van der Waals surface area contributed by atoms with Gasteiger partial charge in [0.2, 0.25) is 10.0 Å². The van der Waals surface area contributed by atoms with Crippen LogP contribution >= 0.6 is 0 Å². The maximum Gasteiger partial charge on any atom is 0.211 e. The molecule has 4 nitrogen and oxygen atoms in total. The van der Waals surface area contributed by atoms with Gasteiger partial charge in [0, 0.05) is 19.1 Å². The zero-order chi connectivity index (χ0) is 10.2. The Morgan fingerprint density at radius 1 is 1.14 bits per heavy atom. The van der Waals surface area contributed by atoms with Crippen LogP contribution in [0.2, 0.25) is 0 Å². The molecule has 0 amide bonds. The summed E-state index contributed by atoms with van der Waals surface area (Å²) in [5, 5.41) is 0. The number of sulfonamides is 1. The molecule has 2 fully saturated rings. The Labute approximate surface area is 85.9 Å². The fourth-order valence-electron chi connectivity index (χ4n) is 2.47. The monoisotopic (exact) mass is 218 g/mol. The van der Waals surface area contributed by atoms with Crippen LogP contribution in [0.5, 0.6) is 0 Å².